The number of hydrogen-bond acceptors (Lipinski definition) is 1. The molecule has 1 heterocycles. The summed E-state index contributed by atoms with van der Waals surface area (Å²) in [5.74, 6) is 0. The summed E-state index contributed by atoms with van der Waals surface area (Å²) in [7, 11) is 0. The number of urea groups is 1. The van der Waals surface area contributed by atoms with E-state index in [1.807, 2.05) is 29.2 Å². The summed E-state index contributed by atoms with van der Waals surface area (Å²) in [5.41, 5.74) is 5.05. The minimum Gasteiger partial charge on any atom is -0.338 e. The Morgan fingerprint density at radius 2 is 1.57 bits per heavy atom. The van der Waals surface area contributed by atoms with Crippen LogP contribution in [0.1, 0.15) is 34.7 Å². The summed E-state index contributed by atoms with van der Waals surface area (Å²) < 4.78 is 0. The molecule has 1 aliphatic rings. The minimum absolute atomic E-state index is 0.0245. The van der Waals surface area contributed by atoms with Crippen molar-refractivity contribution in [1.82, 2.24) is 10.2 Å². The van der Waals surface area contributed by atoms with E-state index < -0.39 is 0 Å². The highest BCUT2D eigenvalue weighted by molar-refractivity contribution is 5.76. The van der Waals surface area contributed by atoms with E-state index in [1.165, 1.54) is 16.7 Å². The maximum atomic E-state index is 13.0. The van der Waals surface area contributed by atoms with E-state index in [2.05, 4.69) is 66.0 Å². The molecular weight excluding hydrogens is 344 g/mol. The first-order valence-electron chi connectivity index (χ1n) is 10.0. The summed E-state index contributed by atoms with van der Waals surface area (Å²) in [6.07, 6.45) is 2.82. The first-order chi connectivity index (χ1) is 13.8. The van der Waals surface area contributed by atoms with E-state index in [9.17, 15) is 4.79 Å². The van der Waals surface area contributed by atoms with E-state index in [4.69, 9.17) is 0 Å². The minimum atomic E-state index is -0.0275. The summed E-state index contributed by atoms with van der Waals surface area (Å²) in [6.45, 7) is 1.43. The molecule has 0 bridgehead atoms. The second kappa shape index (κ2) is 8.75. The molecule has 0 aromatic heterocycles. The number of carbonyl (C=O) groups excluding carboxylic acids is 1. The molecule has 1 aliphatic heterocycles. The van der Waals surface area contributed by atoms with Gasteiger partial charge in [0.2, 0.25) is 0 Å². The molecule has 1 unspecified atom stereocenters. The summed E-state index contributed by atoms with van der Waals surface area (Å²) >= 11 is 0. The number of hydrogen-bond donors (Lipinski definition) is 1. The van der Waals surface area contributed by atoms with Crippen molar-refractivity contribution >= 4 is 6.03 Å². The molecule has 3 aromatic rings. The molecule has 4 rings (SSSR count). The van der Waals surface area contributed by atoms with Crippen LogP contribution in [0.15, 0.2) is 84.9 Å². The number of nitrogens with one attached hydrogen (secondary N) is 1. The monoisotopic (exact) mass is 370 g/mol. The van der Waals surface area contributed by atoms with Gasteiger partial charge in [-0.25, -0.2) is 4.79 Å². The van der Waals surface area contributed by atoms with Crippen LogP contribution in [0.25, 0.3) is 0 Å². The van der Waals surface area contributed by atoms with Crippen LogP contribution in [0.4, 0.5) is 4.79 Å². The fourth-order valence-electron chi connectivity index (χ4n) is 4.01. The van der Waals surface area contributed by atoms with Gasteiger partial charge in [0.1, 0.15) is 0 Å². The second-order valence-electron chi connectivity index (χ2n) is 7.28. The molecule has 0 spiro atoms. The number of benzene rings is 3. The Balaban J connectivity index is 1.45. The van der Waals surface area contributed by atoms with Crippen LogP contribution in [-0.2, 0) is 12.8 Å². The fourth-order valence-corrected chi connectivity index (χ4v) is 4.01. The Hall–Kier alpha value is -3.07. The van der Waals surface area contributed by atoms with Crippen molar-refractivity contribution in [3.05, 3.63) is 107 Å². The maximum Gasteiger partial charge on any atom is 0.318 e. The Kier molecular flexibility index (Phi) is 5.72. The van der Waals surface area contributed by atoms with Gasteiger partial charge < -0.3 is 10.2 Å². The molecular formula is C25H26N2O. The Morgan fingerprint density at radius 3 is 2.36 bits per heavy atom. The van der Waals surface area contributed by atoms with Gasteiger partial charge in [0.25, 0.3) is 0 Å². The molecule has 0 radical (unpaired) electrons. The largest absolute Gasteiger partial charge is 0.338 e. The normalized spacial score (nSPS) is 15.7. The van der Waals surface area contributed by atoms with Crippen LogP contribution in [0, 0.1) is 0 Å². The SMILES string of the molecule is O=C(NCCCc1ccccc1)N1CCc2ccccc2C1c1ccccc1. The lowest BCUT2D eigenvalue weighted by atomic mass is 9.88. The van der Waals surface area contributed by atoms with Crippen molar-refractivity contribution in [2.24, 2.45) is 0 Å². The highest BCUT2D eigenvalue weighted by Gasteiger charge is 2.31. The third kappa shape index (κ3) is 4.09. The quantitative estimate of drug-likeness (QED) is 0.632. The summed E-state index contributed by atoms with van der Waals surface area (Å²) in [4.78, 5) is 15.0. The van der Waals surface area contributed by atoms with E-state index in [0.29, 0.717) is 6.54 Å². The lowest BCUT2D eigenvalue weighted by Gasteiger charge is -2.37. The zero-order valence-corrected chi connectivity index (χ0v) is 16.1. The van der Waals surface area contributed by atoms with Gasteiger partial charge in [-0.3, -0.25) is 0 Å². The van der Waals surface area contributed by atoms with Crippen LogP contribution >= 0.6 is 0 Å². The van der Waals surface area contributed by atoms with Crippen LogP contribution in [-0.4, -0.2) is 24.0 Å². The van der Waals surface area contributed by atoms with E-state index in [1.54, 1.807) is 0 Å². The lowest BCUT2D eigenvalue weighted by molar-refractivity contribution is 0.180. The maximum absolute atomic E-state index is 13.0. The van der Waals surface area contributed by atoms with Gasteiger partial charge in [0.05, 0.1) is 6.04 Å². The van der Waals surface area contributed by atoms with Gasteiger partial charge in [-0.1, -0.05) is 84.9 Å². The van der Waals surface area contributed by atoms with E-state index >= 15 is 0 Å². The molecule has 2 amide bonds. The molecule has 0 saturated carbocycles. The van der Waals surface area contributed by atoms with Gasteiger partial charge in [-0.2, -0.15) is 0 Å². The van der Waals surface area contributed by atoms with Crippen LogP contribution in [0.5, 0.6) is 0 Å². The molecule has 28 heavy (non-hydrogen) atoms. The number of rotatable bonds is 5. The van der Waals surface area contributed by atoms with E-state index in [0.717, 1.165) is 31.4 Å². The second-order valence-corrected chi connectivity index (χ2v) is 7.28. The van der Waals surface area contributed by atoms with Crippen LogP contribution in [0.3, 0.4) is 0 Å². The van der Waals surface area contributed by atoms with Gasteiger partial charge in [0.15, 0.2) is 0 Å². The van der Waals surface area contributed by atoms with E-state index in [-0.39, 0.29) is 12.1 Å². The van der Waals surface area contributed by atoms with Crippen LogP contribution in [0.2, 0.25) is 0 Å². The first kappa shape index (κ1) is 18.3. The van der Waals surface area contributed by atoms with Crippen molar-refractivity contribution in [1.29, 1.82) is 0 Å². The van der Waals surface area contributed by atoms with Gasteiger partial charge >= 0.3 is 6.03 Å². The first-order valence-corrected chi connectivity index (χ1v) is 10.0. The average Bonchev–Trinajstić information content (AvgIpc) is 2.77. The Morgan fingerprint density at radius 1 is 0.893 bits per heavy atom. The van der Waals surface area contributed by atoms with Gasteiger partial charge in [-0.15, -0.1) is 0 Å². The average molecular weight is 370 g/mol. The fraction of sp³-hybridized carbons (Fsp3) is 0.240. The zero-order valence-electron chi connectivity index (χ0n) is 16.1. The van der Waals surface area contributed by atoms with Crippen molar-refractivity contribution < 1.29 is 4.79 Å². The molecule has 3 nitrogen and oxygen atoms in total. The zero-order chi connectivity index (χ0) is 19.2. The predicted molar refractivity (Wildman–Crippen MR) is 113 cm³/mol. The third-order valence-corrected chi connectivity index (χ3v) is 5.42. The lowest BCUT2D eigenvalue weighted by Crippen LogP contribution is -2.46. The number of fused-ring (bicyclic) bond motifs is 1. The summed E-state index contributed by atoms with van der Waals surface area (Å²) in [6, 6.07) is 29.2. The molecule has 3 heteroatoms. The smallest absolute Gasteiger partial charge is 0.318 e. The molecule has 3 aromatic carbocycles. The number of carbonyl (C=O) groups is 1. The molecule has 0 saturated heterocycles. The Bertz CT molecular complexity index is 908. The standard InChI is InChI=1S/C25H26N2O/c28-25(26-18-9-12-20-10-3-1-4-11-20)27-19-17-21-13-7-8-16-23(21)24(27)22-14-5-2-6-15-22/h1-8,10-11,13-16,24H,9,12,17-19H2,(H,26,28). The summed E-state index contributed by atoms with van der Waals surface area (Å²) in [5, 5.41) is 3.14. The predicted octanol–water partition coefficient (Wildman–Crippen LogP) is 4.98. The Labute approximate surface area is 167 Å². The van der Waals surface area contributed by atoms with Crippen molar-refractivity contribution in [2.45, 2.75) is 25.3 Å². The molecule has 1 N–H and O–H groups in total. The molecule has 1 atom stereocenters. The molecule has 0 aliphatic carbocycles. The van der Waals surface area contributed by atoms with Crippen molar-refractivity contribution in [3.63, 3.8) is 0 Å². The molecule has 142 valence electrons. The number of amides is 2. The third-order valence-electron chi connectivity index (χ3n) is 5.42. The van der Waals surface area contributed by atoms with Gasteiger partial charge in [0, 0.05) is 13.1 Å². The number of aryl methyl sites for hydroxylation is 1. The number of nitrogens with zero attached hydrogens (tertiary/aromatic N) is 1. The van der Waals surface area contributed by atoms with Gasteiger partial charge in [-0.05, 0) is 41.5 Å². The van der Waals surface area contributed by atoms with Crippen LogP contribution < -0.4 is 5.32 Å². The van der Waals surface area contributed by atoms with Crippen molar-refractivity contribution in [3.8, 4) is 0 Å². The highest BCUT2D eigenvalue weighted by atomic mass is 16.2. The molecule has 0 fully saturated rings. The topological polar surface area (TPSA) is 32.3 Å². The highest BCUT2D eigenvalue weighted by Crippen LogP contribution is 2.34. The van der Waals surface area contributed by atoms with Crippen molar-refractivity contribution in [2.75, 3.05) is 13.1 Å².